The molecule has 1 unspecified atom stereocenters. The first-order chi connectivity index (χ1) is 7.55. The molecule has 0 saturated heterocycles. The Morgan fingerprint density at radius 2 is 1.88 bits per heavy atom. The van der Waals surface area contributed by atoms with Crippen molar-refractivity contribution in [1.82, 2.24) is 0 Å². The highest BCUT2D eigenvalue weighted by Crippen LogP contribution is 2.32. The second-order valence-corrected chi connectivity index (χ2v) is 4.03. The Labute approximate surface area is 94.5 Å². The summed E-state index contributed by atoms with van der Waals surface area (Å²) in [6, 6.07) is 8.37. The predicted molar refractivity (Wildman–Crippen MR) is 59.8 cm³/mol. The predicted octanol–water partition coefficient (Wildman–Crippen LogP) is 2.57. The van der Waals surface area contributed by atoms with Crippen molar-refractivity contribution in [3.63, 3.8) is 0 Å². The van der Waals surface area contributed by atoms with Gasteiger partial charge in [0.2, 0.25) is 0 Å². The van der Waals surface area contributed by atoms with E-state index in [2.05, 4.69) is 15.5 Å². The van der Waals surface area contributed by atoms with Crippen molar-refractivity contribution in [2.45, 2.75) is 25.6 Å². The molecule has 2 rings (SSSR count). The smallest absolute Gasteiger partial charge is 0.316 e. The van der Waals surface area contributed by atoms with Crippen LogP contribution < -0.4 is 5.32 Å². The summed E-state index contributed by atoms with van der Waals surface area (Å²) in [7, 11) is 1.52. The molecule has 86 valence electrons. The maximum atomic E-state index is 5.62. The van der Waals surface area contributed by atoms with Crippen molar-refractivity contribution in [3.05, 3.63) is 30.3 Å². The number of nitrogens with zero attached hydrogens (tertiary/aromatic N) is 2. The van der Waals surface area contributed by atoms with Gasteiger partial charge in [0, 0.05) is 12.8 Å². The van der Waals surface area contributed by atoms with E-state index in [4.69, 9.17) is 9.47 Å². The standard InChI is InChI=1S/C11H15N3O2/c1-10(2)13-14-11(15-3,16-10)12-9-7-5-4-6-8-9/h4-8,12H,1-3H3. The molecule has 0 bridgehead atoms. The van der Waals surface area contributed by atoms with Gasteiger partial charge in [-0.2, -0.15) is 5.11 Å². The van der Waals surface area contributed by atoms with Crippen LogP contribution in [0, 0.1) is 0 Å². The average molecular weight is 221 g/mol. The van der Waals surface area contributed by atoms with E-state index < -0.39 is 11.8 Å². The number of methoxy groups -OCH3 is 1. The maximum absolute atomic E-state index is 5.62. The van der Waals surface area contributed by atoms with Crippen LogP contribution in [0.2, 0.25) is 0 Å². The van der Waals surface area contributed by atoms with Crippen molar-refractivity contribution >= 4 is 5.69 Å². The zero-order chi connectivity index (χ0) is 11.6. The van der Waals surface area contributed by atoms with Gasteiger partial charge in [0.25, 0.3) is 0 Å². The van der Waals surface area contributed by atoms with Gasteiger partial charge in [0.05, 0.1) is 0 Å². The van der Waals surface area contributed by atoms with Gasteiger partial charge in [0.15, 0.2) is 5.72 Å². The van der Waals surface area contributed by atoms with Crippen LogP contribution in [0.1, 0.15) is 13.8 Å². The lowest BCUT2D eigenvalue weighted by Gasteiger charge is -2.27. The number of anilines is 1. The van der Waals surface area contributed by atoms with E-state index >= 15 is 0 Å². The molecule has 1 atom stereocenters. The summed E-state index contributed by atoms with van der Waals surface area (Å²) in [6.07, 6.45) is 0. The quantitative estimate of drug-likeness (QED) is 0.798. The fourth-order valence-corrected chi connectivity index (χ4v) is 1.45. The number of rotatable bonds is 3. The third-order valence-electron chi connectivity index (χ3n) is 2.16. The first-order valence-corrected chi connectivity index (χ1v) is 5.08. The molecule has 1 N–H and O–H groups in total. The minimum atomic E-state index is -1.22. The van der Waals surface area contributed by atoms with E-state index in [1.54, 1.807) is 0 Å². The Kier molecular flexibility index (Phi) is 2.65. The second-order valence-electron chi connectivity index (χ2n) is 4.03. The summed E-state index contributed by atoms with van der Waals surface area (Å²) in [6.45, 7) is 3.65. The van der Waals surface area contributed by atoms with Gasteiger partial charge >= 0.3 is 6.03 Å². The van der Waals surface area contributed by atoms with E-state index in [1.165, 1.54) is 7.11 Å². The number of benzene rings is 1. The van der Waals surface area contributed by atoms with Crippen LogP contribution in [0.15, 0.2) is 40.6 Å². The SMILES string of the molecule is COC1(Nc2ccccc2)N=NC(C)(C)O1. The zero-order valence-corrected chi connectivity index (χ0v) is 9.60. The van der Waals surface area contributed by atoms with Crippen LogP contribution >= 0.6 is 0 Å². The lowest BCUT2D eigenvalue weighted by Crippen LogP contribution is -2.42. The fourth-order valence-electron chi connectivity index (χ4n) is 1.45. The Morgan fingerprint density at radius 3 is 2.38 bits per heavy atom. The highest BCUT2D eigenvalue weighted by molar-refractivity contribution is 5.43. The van der Waals surface area contributed by atoms with E-state index in [0.717, 1.165) is 5.69 Å². The van der Waals surface area contributed by atoms with E-state index in [1.807, 2.05) is 44.2 Å². The molecule has 0 radical (unpaired) electrons. The van der Waals surface area contributed by atoms with Crippen LogP contribution in [-0.2, 0) is 9.47 Å². The molecule has 5 nitrogen and oxygen atoms in total. The Balaban J connectivity index is 2.17. The van der Waals surface area contributed by atoms with Crippen molar-refractivity contribution in [2.24, 2.45) is 10.2 Å². The van der Waals surface area contributed by atoms with Gasteiger partial charge < -0.3 is 10.1 Å². The van der Waals surface area contributed by atoms with Gasteiger partial charge in [-0.05, 0) is 26.0 Å². The topological polar surface area (TPSA) is 55.2 Å². The van der Waals surface area contributed by atoms with Gasteiger partial charge in [0.1, 0.15) is 0 Å². The van der Waals surface area contributed by atoms with E-state index in [0.29, 0.717) is 0 Å². The highest BCUT2D eigenvalue weighted by Gasteiger charge is 2.44. The van der Waals surface area contributed by atoms with Crippen molar-refractivity contribution in [3.8, 4) is 0 Å². The molecular formula is C11H15N3O2. The number of para-hydroxylation sites is 1. The van der Waals surface area contributed by atoms with Crippen LogP contribution in [0.25, 0.3) is 0 Å². The largest absolute Gasteiger partial charge is 0.378 e. The maximum Gasteiger partial charge on any atom is 0.378 e. The first kappa shape index (κ1) is 11.0. The number of azo groups is 1. The van der Waals surface area contributed by atoms with Gasteiger partial charge in [-0.15, -0.1) is 5.11 Å². The van der Waals surface area contributed by atoms with Crippen molar-refractivity contribution in [1.29, 1.82) is 0 Å². The summed E-state index contributed by atoms with van der Waals surface area (Å²) in [5, 5.41) is 11.1. The molecule has 0 fully saturated rings. The molecular weight excluding hydrogens is 206 g/mol. The van der Waals surface area contributed by atoms with Gasteiger partial charge in [-0.3, -0.25) is 4.74 Å². The zero-order valence-electron chi connectivity index (χ0n) is 9.60. The molecule has 1 aliphatic rings. The van der Waals surface area contributed by atoms with Crippen molar-refractivity contribution in [2.75, 3.05) is 12.4 Å². The first-order valence-electron chi connectivity index (χ1n) is 5.08. The molecule has 0 aliphatic carbocycles. The van der Waals surface area contributed by atoms with E-state index in [9.17, 15) is 0 Å². The van der Waals surface area contributed by atoms with Crippen LogP contribution in [0.5, 0.6) is 0 Å². The van der Waals surface area contributed by atoms with Crippen LogP contribution in [0.4, 0.5) is 5.69 Å². The van der Waals surface area contributed by atoms with Gasteiger partial charge in [-0.1, -0.05) is 18.2 Å². The summed E-state index contributed by atoms with van der Waals surface area (Å²) in [4.78, 5) is 0. The van der Waals surface area contributed by atoms with Crippen LogP contribution in [0.3, 0.4) is 0 Å². The Bertz CT molecular complexity index is 391. The monoisotopic (exact) mass is 221 g/mol. The summed E-state index contributed by atoms with van der Waals surface area (Å²) < 4.78 is 10.9. The Morgan fingerprint density at radius 1 is 1.19 bits per heavy atom. The number of nitrogens with one attached hydrogen (secondary N) is 1. The molecule has 16 heavy (non-hydrogen) atoms. The minimum absolute atomic E-state index is 0.669. The highest BCUT2D eigenvalue weighted by atomic mass is 16.8. The lowest BCUT2D eigenvalue weighted by atomic mass is 10.3. The Hall–Kier alpha value is -1.46. The summed E-state index contributed by atoms with van der Waals surface area (Å²) >= 11 is 0. The molecule has 1 heterocycles. The van der Waals surface area contributed by atoms with Crippen molar-refractivity contribution < 1.29 is 9.47 Å². The number of ether oxygens (including phenoxy) is 2. The molecule has 1 aromatic rings. The average Bonchev–Trinajstić information content (AvgIpc) is 2.57. The normalized spacial score (nSPS) is 26.9. The number of hydrogen-bond acceptors (Lipinski definition) is 5. The lowest BCUT2D eigenvalue weighted by molar-refractivity contribution is -0.220. The third kappa shape index (κ3) is 2.20. The van der Waals surface area contributed by atoms with Gasteiger partial charge in [-0.25, -0.2) is 0 Å². The molecule has 0 saturated carbocycles. The van der Waals surface area contributed by atoms with Crippen LogP contribution in [-0.4, -0.2) is 18.9 Å². The minimum Gasteiger partial charge on any atom is -0.316 e. The third-order valence-corrected chi connectivity index (χ3v) is 2.16. The molecule has 0 aromatic heterocycles. The molecule has 0 amide bonds. The molecule has 1 aromatic carbocycles. The molecule has 5 heteroatoms. The molecule has 0 spiro atoms. The fraction of sp³-hybridized carbons (Fsp3) is 0.455. The summed E-state index contributed by atoms with van der Waals surface area (Å²) in [5.41, 5.74) is 0.193. The molecule has 1 aliphatic heterocycles. The number of hydrogen-bond donors (Lipinski definition) is 1. The second kappa shape index (κ2) is 3.84. The van der Waals surface area contributed by atoms with E-state index in [-0.39, 0.29) is 0 Å². The summed E-state index contributed by atoms with van der Waals surface area (Å²) in [5.74, 6) is 0.